The summed E-state index contributed by atoms with van der Waals surface area (Å²) in [6.07, 6.45) is 2.55. The lowest BCUT2D eigenvalue weighted by molar-refractivity contribution is -0.145. The van der Waals surface area contributed by atoms with Crippen molar-refractivity contribution in [2.45, 2.75) is 37.5 Å². The molecule has 0 bridgehead atoms. The molecule has 1 aliphatic carbocycles. The molecule has 6 heteroatoms. The molecule has 1 aromatic rings. The van der Waals surface area contributed by atoms with Crippen LogP contribution < -0.4 is 0 Å². The van der Waals surface area contributed by atoms with E-state index in [0.29, 0.717) is 18.9 Å². The van der Waals surface area contributed by atoms with Gasteiger partial charge in [0.1, 0.15) is 11.6 Å². The highest BCUT2D eigenvalue weighted by molar-refractivity contribution is 5.88. The summed E-state index contributed by atoms with van der Waals surface area (Å²) in [5.41, 5.74) is -2.50. The van der Waals surface area contributed by atoms with E-state index in [2.05, 4.69) is 0 Å². The van der Waals surface area contributed by atoms with Gasteiger partial charge in [0.15, 0.2) is 0 Å². The van der Waals surface area contributed by atoms with Crippen LogP contribution in [0.3, 0.4) is 0 Å². The van der Waals surface area contributed by atoms with E-state index in [1.807, 2.05) is 0 Å². The van der Waals surface area contributed by atoms with Crippen molar-refractivity contribution in [3.63, 3.8) is 0 Å². The number of carboxylic acids is 2. The van der Waals surface area contributed by atoms with Gasteiger partial charge in [0.05, 0.1) is 11.0 Å². The maximum Gasteiger partial charge on any atom is 0.338 e. The summed E-state index contributed by atoms with van der Waals surface area (Å²) in [6, 6.07) is 1.28. The van der Waals surface area contributed by atoms with Gasteiger partial charge in [-0.1, -0.05) is 19.3 Å². The fraction of sp³-hybridized carbons (Fsp3) is 0.429. The predicted octanol–water partition coefficient (Wildman–Crippen LogP) is 2.95. The van der Waals surface area contributed by atoms with Gasteiger partial charge in [0, 0.05) is 5.56 Å². The average molecular weight is 284 g/mol. The lowest BCUT2D eigenvalue weighted by atomic mass is 9.69. The molecule has 1 aliphatic rings. The molecule has 0 saturated heterocycles. The first-order valence-corrected chi connectivity index (χ1v) is 6.35. The smallest absolute Gasteiger partial charge is 0.338 e. The van der Waals surface area contributed by atoms with E-state index in [9.17, 15) is 23.5 Å². The van der Waals surface area contributed by atoms with Gasteiger partial charge in [-0.25, -0.2) is 13.6 Å². The van der Waals surface area contributed by atoms with Gasteiger partial charge < -0.3 is 10.2 Å². The summed E-state index contributed by atoms with van der Waals surface area (Å²) < 4.78 is 27.8. The number of aromatic carboxylic acids is 1. The van der Waals surface area contributed by atoms with Gasteiger partial charge in [-0.15, -0.1) is 0 Å². The summed E-state index contributed by atoms with van der Waals surface area (Å²) in [4.78, 5) is 22.3. The van der Waals surface area contributed by atoms with Crippen molar-refractivity contribution < 1.29 is 28.6 Å². The Balaban J connectivity index is 2.58. The van der Waals surface area contributed by atoms with Crippen molar-refractivity contribution in [2.24, 2.45) is 0 Å². The molecule has 0 aromatic heterocycles. The normalized spacial score (nSPS) is 17.7. The summed E-state index contributed by atoms with van der Waals surface area (Å²) in [7, 11) is 0. The van der Waals surface area contributed by atoms with Crippen molar-refractivity contribution in [2.75, 3.05) is 0 Å². The van der Waals surface area contributed by atoms with Gasteiger partial charge in [-0.2, -0.15) is 0 Å². The summed E-state index contributed by atoms with van der Waals surface area (Å²) in [5.74, 6) is -4.87. The monoisotopic (exact) mass is 284 g/mol. The van der Waals surface area contributed by atoms with Crippen molar-refractivity contribution in [3.8, 4) is 0 Å². The van der Waals surface area contributed by atoms with Crippen LogP contribution >= 0.6 is 0 Å². The van der Waals surface area contributed by atoms with Crippen LogP contribution in [0.15, 0.2) is 12.1 Å². The minimum absolute atomic E-state index is 0.227. The van der Waals surface area contributed by atoms with Gasteiger partial charge in [0.2, 0.25) is 0 Å². The van der Waals surface area contributed by atoms with E-state index >= 15 is 0 Å². The number of halogens is 2. The molecular formula is C14H14F2O4. The summed E-state index contributed by atoms with van der Waals surface area (Å²) >= 11 is 0. The third-order valence-corrected chi connectivity index (χ3v) is 3.92. The molecular weight excluding hydrogens is 270 g/mol. The Morgan fingerprint density at radius 1 is 1.00 bits per heavy atom. The quantitative estimate of drug-likeness (QED) is 0.894. The second kappa shape index (κ2) is 5.19. The fourth-order valence-electron chi connectivity index (χ4n) is 2.83. The van der Waals surface area contributed by atoms with E-state index in [0.717, 1.165) is 12.5 Å². The molecule has 1 fully saturated rings. The van der Waals surface area contributed by atoms with Crippen LogP contribution in [0.1, 0.15) is 48.0 Å². The third-order valence-electron chi connectivity index (χ3n) is 3.92. The molecule has 2 rings (SSSR count). The van der Waals surface area contributed by atoms with Crippen molar-refractivity contribution >= 4 is 11.9 Å². The molecule has 0 aliphatic heterocycles. The molecule has 1 aromatic carbocycles. The molecule has 4 nitrogen and oxygen atoms in total. The number of hydrogen-bond acceptors (Lipinski definition) is 2. The number of rotatable bonds is 3. The highest BCUT2D eigenvalue weighted by Gasteiger charge is 2.43. The van der Waals surface area contributed by atoms with Crippen molar-refractivity contribution in [3.05, 3.63) is 34.9 Å². The second-order valence-electron chi connectivity index (χ2n) is 5.06. The third kappa shape index (κ3) is 2.26. The number of hydrogen-bond donors (Lipinski definition) is 2. The molecule has 0 heterocycles. The maximum absolute atomic E-state index is 14.1. The number of aliphatic carboxylic acids is 1. The largest absolute Gasteiger partial charge is 0.481 e. The van der Waals surface area contributed by atoms with E-state index in [1.54, 1.807) is 0 Å². The van der Waals surface area contributed by atoms with Crippen LogP contribution in [0.4, 0.5) is 8.78 Å². The highest BCUT2D eigenvalue weighted by atomic mass is 19.1. The van der Waals surface area contributed by atoms with Gasteiger partial charge in [0.25, 0.3) is 0 Å². The zero-order valence-corrected chi connectivity index (χ0v) is 10.7. The number of carboxylic acid groups (broad SMARTS) is 2. The Morgan fingerprint density at radius 3 is 2.10 bits per heavy atom. The molecule has 0 atom stereocenters. The molecule has 2 N–H and O–H groups in total. The minimum atomic E-state index is -1.58. The van der Waals surface area contributed by atoms with Crippen LogP contribution in [0.2, 0.25) is 0 Å². The van der Waals surface area contributed by atoms with Crippen LogP contribution in [0.25, 0.3) is 0 Å². The van der Waals surface area contributed by atoms with Gasteiger partial charge in [-0.05, 0) is 25.0 Å². The van der Waals surface area contributed by atoms with E-state index in [4.69, 9.17) is 5.11 Å². The predicted molar refractivity (Wildman–Crippen MR) is 65.7 cm³/mol. The lowest BCUT2D eigenvalue weighted by Crippen LogP contribution is -2.39. The molecule has 20 heavy (non-hydrogen) atoms. The van der Waals surface area contributed by atoms with Crippen molar-refractivity contribution in [1.29, 1.82) is 0 Å². The van der Waals surface area contributed by atoms with Gasteiger partial charge >= 0.3 is 11.9 Å². The Kier molecular flexibility index (Phi) is 3.74. The lowest BCUT2D eigenvalue weighted by Gasteiger charge is -2.34. The first kappa shape index (κ1) is 14.4. The van der Waals surface area contributed by atoms with Crippen LogP contribution in [0.5, 0.6) is 0 Å². The van der Waals surface area contributed by atoms with E-state index < -0.39 is 34.6 Å². The second-order valence-corrected chi connectivity index (χ2v) is 5.06. The van der Waals surface area contributed by atoms with Crippen LogP contribution in [0, 0.1) is 11.6 Å². The Morgan fingerprint density at radius 2 is 1.60 bits per heavy atom. The molecule has 0 spiro atoms. The van der Waals surface area contributed by atoms with E-state index in [-0.39, 0.29) is 18.4 Å². The molecule has 1 saturated carbocycles. The summed E-state index contributed by atoms with van der Waals surface area (Å²) in [5, 5.41) is 18.2. The zero-order chi connectivity index (χ0) is 14.9. The number of benzene rings is 1. The van der Waals surface area contributed by atoms with Crippen molar-refractivity contribution in [1.82, 2.24) is 0 Å². The Bertz CT molecular complexity index is 563. The minimum Gasteiger partial charge on any atom is -0.481 e. The number of carbonyl (C=O) groups is 2. The Hall–Kier alpha value is -1.98. The molecule has 108 valence electrons. The zero-order valence-electron chi connectivity index (χ0n) is 10.7. The Labute approximate surface area is 114 Å². The maximum atomic E-state index is 14.1. The van der Waals surface area contributed by atoms with E-state index in [1.165, 1.54) is 0 Å². The standard InChI is InChI=1S/C14H14F2O4/c15-10-7-9(11(16)6-8(10)12(17)18)14(13(19)20)4-2-1-3-5-14/h6-7H,1-5H2,(H,17,18)(H,19,20). The molecule has 0 radical (unpaired) electrons. The van der Waals surface area contributed by atoms with Crippen LogP contribution in [-0.4, -0.2) is 22.2 Å². The molecule has 0 amide bonds. The average Bonchev–Trinajstić information content (AvgIpc) is 2.41. The first-order chi connectivity index (χ1) is 9.38. The fourth-order valence-corrected chi connectivity index (χ4v) is 2.83. The molecule has 0 unspecified atom stereocenters. The highest BCUT2D eigenvalue weighted by Crippen LogP contribution is 2.41. The topological polar surface area (TPSA) is 74.6 Å². The SMILES string of the molecule is O=C(O)c1cc(F)c(C2(C(=O)O)CCCCC2)cc1F. The first-order valence-electron chi connectivity index (χ1n) is 6.35. The summed E-state index contributed by atoms with van der Waals surface area (Å²) in [6.45, 7) is 0. The van der Waals surface area contributed by atoms with Crippen LogP contribution in [-0.2, 0) is 10.2 Å². The van der Waals surface area contributed by atoms with Gasteiger partial charge in [-0.3, -0.25) is 4.79 Å².